The summed E-state index contributed by atoms with van der Waals surface area (Å²) in [6, 6.07) is 13.5. The molecular formula is C23H25N5O4. The lowest BCUT2D eigenvalue weighted by atomic mass is 10.1. The van der Waals surface area contributed by atoms with Crippen LogP contribution in [0.4, 0.5) is 5.95 Å². The predicted octanol–water partition coefficient (Wildman–Crippen LogP) is 3.21. The van der Waals surface area contributed by atoms with Crippen LogP contribution < -0.4 is 19.5 Å². The van der Waals surface area contributed by atoms with E-state index >= 15 is 0 Å². The van der Waals surface area contributed by atoms with Crippen LogP contribution in [0.25, 0.3) is 10.9 Å². The third-order valence-corrected chi connectivity index (χ3v) is 5.17. The third-order valence-electron chi connectivity index (χ3n) is 5.17. The van der Waals surface area contributed by atoms with Crippen LogP contribution in [0.1, 0.15) is 11.4 Å². The highest BCUT2D eigenvalue weighted by Crippen LogP contribution is 2.28. The van der Waals surface area contributed by atoms with Crippen molar-refractivity contribution in [2.45, 2.75) is 19.4 Å². The molecule has 2 aromatic heterocycles. The number of aromatic amines is 1. The van der Waals surface area contributed by atoms with Crippen molar-refractivity contribution < 1.29 is 19.0 Å². The normalized spacial score (nSPS) is 10.8. The maximum Gasteiger partial charge on any atom is 0.248 e. The molecule has 0 fully saturated rings. The highest BCUT2D eigenvalue weighted by atomic mass is 16.5. The molecule has 0 radical (unpaired) electrons. The minimum absolute atomic E-state index is 0.158. The third kappa shape index (κ3) is 4.66. The Labute approximate surface area is 185 Å². The van der Waals surface area contributed by atoms with Gasteiger partial charge in [0.25, 0.3) is 0 Å². The summed E-state index contributed by atoms with van der Waals surface area (Å²) in [7, 11) is 4.85. The Morgan fingerprint density at radius 1 is 1.00 bits per heavy atom. The summed E-state index contributed by atoms with van der Waals surface area (Å²) < 4.78 is 17.7. The van der Waals surface area contributed by atoms with Crippen LogP contribution in [0.3, 0.4) is 0 Å². The van der Waals surface area contributed by atoms with E-state index in [2.05, 4.69) is 20.5 Å². The zero-order chi connectivity index (χ0) is 22.5. The zero-order valence-electron chi connectivity index (χ0n) is 18.2. The molecule has 1 amide bonds. The number of H-pyrrole nitrogens is 1. The van der Waals surface area contributed by atoms with Gasteiger partial charge >= 0.3 is 0 Å². The molecule has 0 saturated heterocycles. The van der Waals surface area contributed by atoms with Crippen molar-refractivity contribution in [3.63, 3.8) is 0 Å². The van der Waals surface area contributed by atoms with Gasteiger partial charge in [0, 0.05) is 23.5 Å². The topological polar surface area (TPSA) is 103 Å². The minimum atomic E-state index is -0.205. The van der Waals surface area contributed by atoms with Crippen molar-refractivity contribution in [1.29, 1.82) is 0 Å². The fourth-order valence-electron chi connectivity index (χ4n) is 3.52. The minimum Gasteiger partial charge on any atom is -0.497 e. The van der Waals surface area contributed by atoms with E-state index in [9.17, 15) is 4.79 Å². The number of ether oxygens (including phenoxy) is 3. The van der Waals surface area contributed by atoms with Crippen LogP contribution in [0.15, 0.2) is 48.7 Å². The van der Waals surface area contributed by atoms with Crippen LogP contribution in [0.5, 0.6) is 17.2 Å². The van der Waals surface area contributed by atoms with Gasteiger partial charge in [0.2, 0.25) is 11.9 Å². The lowest BCUT2D eigenvalue weighted by molar-refractivity contribution is -0.116. The summed E-state index contributed by atoms with van der Waals surface area (Å²) in [5, 5.41) is 10.7. The summed E-state index contributed by atoms with van der Waals surface area (Å²) in [6.07, 6.45) is 3.25. The molecule has 0 atom stereocenters. The number of carbonyl (C=O) groups is 1. The number of carbonyl (C=O) groups excluding carboxylic acids is 1. The van der Waals surface area contributed by atoms with E-state index in [1.807, 2.05) is 53.2 Å². The molecule has 0 aliphatic heterocycles. The number of aryl methyl sites for hydroxylation is 2. The number of amides is 1. The number of aromatic nitrogens is 4. The number of hydrogen-bond acceptors (Lipinski definition) is 6. The second-order valence-corrected chi connectivity index (χ2v) is 7.21. The van der Waals surface area contributed by atoms with Gasteiger partial charge in [-0.25, -0.2) is 0 Å². The first-order valence-corrected chi connectivity index (χ1v) is 10.1. The van der Waals surface area contributed by atoms with Gasteiger partial charge in [-0.2, -0.15) is 4.98 Å². The SMILES string of the molecule is COc1ccc2c(ccn2CC(=O)Nc2n[nH]c(CCc3ccc(OC)c(OC)c3)n2)c1. The van der Waals surface area contributed by atoms with Gasteiger partial charge in [0.15, 0.2) is 11.5 Å². The Kier molecular flexibility index (Phi) is 6.25. The van der Waals surface area contributed by atoms with Gasteiger partial charge in [-0.3, -0.25) is 15.2 Å². The second kappa shape index (κ2) is 9.42. The molecular weight excluding hydrogens is 410 g/mol. The van der Waals surface area contributed by atoms with Gasteiger partial charge in [-0.1, -0.05) is 6.07 Å². The lowest BCUT2D eigenvalue weighted by Gasteiger charge is -2.09. The van der Waals surface area contributed by atoms with E-state index < -0.39 is 0 Å². The summed E-state index contributed by atoms with van der Waals surface area (Å²) >= 11 is 0. The molecule has 2 heterocycles. The van der Waals surface area contributed by atoms with Crippen LogP contribution in [-0.2, 0) is 24.2 Å². The molecule has 2 aromatic carbocycles. The number of nitrogens with zero attached hydrogens (tertiary/aromatic N) is 3. The number of hydrogen-bond donors (Lipinski definition) is 2. The first kappa shape index (κ1) is 21.2. The van der Waals surface area contributed by atoms with E-state index in [1.165, 1.54) is 0 Å². The van der Waals surface area contributed by atoms with Crippen molar-refractivity contribution in [2.24, 2.45) is 0 Å². The molecule has 4 rings (SSSR count). The standard InChI is InChI=1S/C23H25N5O4/c1-30-17-6-7-18-16(13-17)10-11-28(18)14-22(29)25-23-24-21(26-27-23)9-5-15-4-8-19(31-2)20(12-15)32-3/h4,6-8,10-13H,5,9,14H2,1-3H3,(H2,24,25,26,27,29). The maximum atomic E-state index is 12.5. The highest BCUT2D eigenvalue weighted by molar-refractivity contribution is 5.90. The van der Waals surface area contributed by atoms with Crippen molar-refractivity contribution in [2.75, 3.05) is 26.6 Å². The number of methoxy groups -OCH3 is 3. The zero-order valence-corrected chi connectivity index (χ0v) is 18.2. The van der Waals surface area contributed by atoms with Crippen LogP contribution in [0, 0.1) is 0 Å². The second-order valence-electron chi connectivity index (χ2n) is 7.21. The Morgan fingerprint density at radius 2 is 1.84 bits per heavy atom. The van der Waals surface area contributed by atoms with E-state index in [4.69, 9.17) is 14.2 Å². The Bertz CT molecular complexity index is 1230. The van der Waals surface area contributed by atoms with Crippen molar-refractivity contribution in [3.05, 3.63) is 60.0 Å². The van der Waals surface area contributed by atoms with Gasteiger partial charge in [-0.15, -0.1) is 5.10 Å². The highest BCUT2D eigenvalue weighted by Gasteiger charge is 2.11. The monoisotopic (exact) mass is 435 g/mol. The largest absolute Gasteiger partial charge is 0.497 e. The Balaban J connectivity index is 1.34. The quantitative estimate of drug-likeness (QED) is 0.418. The number of anilines is 1. The number of fused-ring (bicyclic) bond motifs is 1. The molecule has 0 saturated carbocycles. The molecule has 9 nitrogen and oxygen atoms in total. The van der Waals surface area contributed by atoms with E-state index in [0.29, 0.717) is 23.7 Å². The van der Waals surface area contributed by atoms with Gasteiger partial charge in [-0.05, 0) is 48.4 Å². The number of nitrogens with one attached hydrogen (secondary N) is 2. The average molecular weight is 435 g/mol. The number of rotatable bonds is 9. The molecule has 9 heteroatoms. The van der Waals surface area contributed by atoms with Crippen LogP contribution in [0.2, 0.25) is 0 Å². The van der Waals surface area contributed by atoms with Crippen molar-refractivity contribution in [1.82, 2.24) is 19.7 Å². The summed E-state index contributed by atoms with van der Waals surface area (Å²) in [6.45, 7) is 0.158. The van der Waals surface area contributed by atoms with Crippen molar-refractivity contribution in [3.8, 4) is 17.2 Å². The van der Waals surface area contributed by atoms with E-state index in [1.54, 1.807) is 21.3 Å². The van der Waals surface area contributed by atoms with Crippen molar-refractivity contribution >= 4 is 22.8 Å². The molecule has 0 aliphatic carbocycles. The molecule has 166 valence electrons. The van der Waals surface area contributed by atoms with E-state index in [-0.39, 0.29) is 18.4 Å². The van der Waals surface area contributed by atoms with Gasteiger partial charge in [0.05, 0.1) is 21.3 Å². The fourth-order valence-corrected chi connectivity index (χ4v) is 3.52. The molecule has 2 N–H and O–H groups in total. The first-order chi connectivity index (χ1) is 15.6. The summed E-state index contributed by atoms with van der Waals surface area (Å²) in [4.78, 5) is 16.9. The molecule has 0 spiro atoms. The predicted molar refractivity (Wildman–Crippen MR) is 120 cm³/mol. The number of benzene rings is 2. The van der Waals surface area contributed by atoms with E-state index in [0.717, 1.165) is 28.6 Å². The maximum absolute atomic E-state index is 12.5. The molecule has 0 unspecified atom stereocenters. The molecule has 0 bridgehead atoms. The first-order valence-electron chi connectivity index (χ1n) is 10.1. The van der Waals surface area contributed by atoms with Crippen LogP contribution >= 0.6 is 0 Å². The van der Waals surface area contributed by atoms with Gasteiger partial charge in [0.1, 0.15) is 18.1 Å². The van der Waals surface area contributed by atoms with Gasteiger partial charge < -0.3 is 18.8 Å². The molecule has 4 aromatic rings. The molecule has 32 heavy (non-hydrogen) atoms. The molecule has 0 aliphatic rings. The fraction of sp³-hybridized carbons (Fsp3) is 0.261. The smallest absolute Gasteiger partial charge is 0.248 e. The average Bonchev–Trinajstić information content (AvgIpc) is 3.43. The Morgan fingerprint density at radius 3 is 2.62 bits per heavy atom. The summed E-state index contributed by atoms with van der Waals surface area (Å²) in [5.41, 5.74) is 2.03. The summed E-state index contributed by atoms with van der Waals surface area (Å²) in [5.74, 6) is 2.90. The van der Waals surface area contributed by atoms with Crippen LogP contribution in [-0.4, -0.2) is 47.0 Å². The lowest BCUT2D eigenvalue weighted by Crippen LogP contribution is -2.19. The Hall–Kier alpha value is -4.01.